The molecular weight excluding hydrogens is 242 g/mol. The largest absolute Gasteiger partial charge is 0.484 e. The van der Waals surface area contributed by atoms with Gasteiger partial charge in [0.1, 0.15) is 5.75 Å². The SMILES string of the molecule is Cc1ccc(OCC(=O)N[C@@H]2C[C@H]3OCC[C@@H]23)cc1. The van der Waals surface area contributed by atoms with Gasteiger partial charge in [-0.05, 0) is 31.9 Å². The Labute approximate surface area is 113 Å². The zero-order valence-corrected chi connectivity index (χ0v) is 11.1. The van der Waals surface area contributed by atoms with E-state index >= 15 is 0 Å². The first kappa shape index (κ1) is 12.5. The number of ether oxygens (including phenoxy) is 2. The van der Waals surface area contributed by atoms with E-state index < -0.39 is 0 Å². The van der Waals surface area contributed by atoms with Crippen LogP contribution in [0.1, 0.15) is 18.4 Å². The van der Waals surface area contributed by atoms with Gasteiger partial charge < -0.3 is 14.8 Å². The minimum atomic E-state index is -0.0454. The van der Waals surface area contributed by atoms with Gasteiger partial charge in [0.25, 0.3) is 5.91 Å². The van der Waals surface area contributed by atoms with Crippen molar-refractivity contribution in [3.63, 3.8) is 0 Å². The van der Waals surface area contributed by atoms with E-state index in [0.29, 0.717) is 12.0 Å². The molecule has 102 valence electrons. The Morgan fingerprint density at radius 2 is 2.21 bits per heavy atom. The summed E-state index contributed by atoms with van der Waals surface area (Å²) in [6.07, 6.45) is 2.39. The molecule has 1 amide bonds. The van der Waals surface area contributed by atoms with Crippen molar-refractivity contribution in [1.82, 2.24) is 5.32 Å². The third kappa shape index (κ3) is 2.73. The molecule has 0 aromatic heterocycles. The first-order valence-electron chi connectivity index (χ1n) is 6.83. The van der Waals surface area contributed by atoms with Gasteiger partial charge in [0.15, 0.2) is 6.61 Å². The van der Waals surface area contributed by atoms with E-state index in [4.69, 9.17) is 9.47 Å². The van der Waals surface area contributed by atoms with Gasteiger partial charge in [-0.1, -0.05) is 17.7 Å². The monoisotopic (exact) mass is 261 g/mol. The summed E-state index contributed by atoms with van der Waals surface area (Å²) in [4.78, 5) is 11.8. The summed E-state index contributed by atoms with van der Waals surface area (Å²) in [6.45, 7) is 2.94. The standard InChI is InChI=1S/C15H19NO3/c1-10-2-4-11(5-3-10)19-9-15(17)16-13-8-14-12(13)6-7-18-14/h2-5,12-14H,6-9H2,1H3,(H,16,17)/t12-,13+,14+/m0/s1. The quantitative estimate of drug-likeness (QED) is 0.897. The van der Waals surface area contributed by atoms with Gasteiger partial charge in [-0.3, -0.25) is 4.79 Å². The van der Waals surface area contributed by atoms with Crippen LogP contribution in [0.25, 0.3) is 0 Å². The number of benzene rings is 1. The molecule has 0 bridgehead atoms. The maximum absolute atomic E-state index is 11.8. The molecule has 0 unspecified atom stereocenters. The van der Waals surface area contributed by atoms with E-state index in [-0.39, 0.29) is 18.6 Å². The fourth-order valence-corrected chi connectivity index (χ4v) is 2.80. The van der Waals surface area contributed by atoms with Gasteiger partial charge in [-0.25, -0.2) is 0 Å². The average molecular weight is 261 g/mol. The second kappa shape index (κ2) is 5.21. The van der Waals surface area contributed by atoms with Crippen LogP contribution in [0, 0.1) is 12.8 Å². The molecule has 1 aliphatic carbocycles. The maximum atomic E-state index is 11.8. The highest BCUT2D eigenvalue weighted by Gasteiger charge is 2.45. The first-order chi connectivity index (χ1) is 9.22. The van der Waals surface area contributed by atoms with Crippen LogP contribution in [-0.4, -0.2) is 31.3 Å². The predicted molar refractivity (Wildman–Crippen MR) is 71.1 cm³/mol. The molecule has 1 aliphatic heterocycles. The van der Waals surface area contributed by atoms with Crippen LogP contribution in [0.3, 0.4) is 0 Å². The van der Waals surface area contributed by atoms with Gasteiger partial charge >= 0.3 is 0 Å². The molecule has 1 saturated carbocycles. The van der Waals surface area contributed by atoms with Crippen molar-refractivity contribution in [3.05, 3.63) is 29.8 Å². The van der Waals surface area contributed by atoms with Crippen LogP contribution in [0.5, 0.6) is 5.75 Å². The highest BCUT2D eigenvalue weighted by molar-refractivity contribution is 5.78. The molecule has 3 rings (SSSR count). The summed E-state index contributed by atoms with van der Waals surface area (Å²) in [5, 5.41) is 3.03. The van der Waals surface area contributed by atoms with Crippen molar-refractivity contribution in [1.29, 1.82) is 0 Å². The van der Waals surface area contributed by atoms with Crippen molar-refractivity contribution in [2.45, 2.75) is 31.9 Å². The van der Waals surface area contributed by atoms with E-state index in [1.165, 1.54) is 5.56 Å². The van der Waals surface area contributed by atoms with Crippen LogP contribution < -0.4 is 10.1 Å². The number of nitrogens with one attached hydrogen (secondary N) is 1. The zero-order valence-electron chi connectivity index (χ0n) is 11.1. The molecule has 3 atom stereocenters. The summed E-state index contributed by atoms with van der Waals surface area (Å²) >= 11 is 0. The molecule has 4 heteroatoms. The molecule has 0 spiro atoms. The fraction of sp³-hybridized carbons (Fsp3) is 0.533. The van der Waals surface area contributed by atoms with Crippen LogP contribution in [0.15, 0.2) is 24.3 Å². The summed E-state index contributed by atoms with van der Waals surface area (Å²) in [5.74, 6) is 1.20. The number of aryl methyl sites for hydroxylation is 1. The van der Waals surface area contributed by atoms with Crippen molar-refractivity contribution in [2.75, 3.05) is 13.2 Å². The minimum Gasteiger partial charge on any atom is -0.484 e. The zero-order chi connectivity index (χ0) is 13.2. The van der Waals surface area contributed by atoms with Crippen LogP contribution >= 0.6 is 0 Å². The predicted octanol–water partition coefficient (Wildman–Crippen LogP) is 1.67. The number of amides is 1. The van der Waals surface area contributed by atoms with Gasteiger partial charge in [-0.15, -0.1) is 0 Å². The van der Waals surface area contributed by atoms with Crippen LogP contribution in [0.4, 0.5) is 0 Å². The third-order valence-electron chi connectivity index (χ3n) is 4.00. The lowest BCUT2D eigenvalue weighted by molar-refractivity contribution is -0.126. The summed E-state index contributed by atoms with van der Waals surface area (Å²) in [7, 11) is 0. The minimum absolute atomic E-state index is 0.0454. The average Bonchev–Trinajstić information content (AvgIpc) is 2.77. The smallest absolute Gasteiger partial charge is 0.258 e. The molecule has 1 heterocycles. The Morgan fingerprint density at radius 1 is 1.42 bits per heavy atom. The fourth-order valence-electron chi connectivity index (χ4n) is 2.80. The summed E-state index contributed by atoms with van der Waals surface area (Å²) in [6, 6.07) is 7.99. The van der Waals surface area contributed by atoms with Crippen molar-refractivity contribution in [2.24, 2.45) is 5.92 Å². The van der Waals surface area contributed by atoms with Gasteiger partial charge in [0, 0.05) is 18.6 Å². The van der Waals surface area contributed by atoms with E-state index in [9.17, 15) is 4.79 Å². The molecule has 1 N–H and O–H groups in total. The van der Waals surface area contributed by atoms with E-state index in [1.807, 2.05) is 31.2 Å². The Bertz CT molecular complexity index is 457. The Kier molecular flexibility index (Phi) is 3.42. The maximum Gasteiger partial charge on any atom is 0.258 e. The number of carbonyl (C=O) groups is 1. The van der Waals surface area contributed by atoms with Gasteiger partial charge in [-0.2, -0.15) is 0 Å². The number of rotatable bonds is 4. The number of fused-ring (bicyclic) bond motifs is 1. The van der Waals surface area contributed by atoms with E-state index in [2.05, 4.69) is 5.32 Å². The van der Waals surface area contributed by atoms with E-state index in [1.54, 1.807) is 0 Å². The Hall–Kier alpha value is -1.55. The molecule has 19 heavy (non-hydrogen) atoms. The second-order valence-electron chi connectivity index (χ2n) is 5.37. The van der Waals surface area contributed by atoms with Gasteiger partial charge in [0.2, 0.25) is 0 Å². The molecule has 1 aromatic carbocycles. The Balaban J connectivity index is 1.43. The Morgan fingerprint density at radius 3 is 2.95 bits per heavy atom. The van der Waals surface area contributed by atoms with Crippen molar-refractivity contribution >= 4 is 5.91 Å². The lowest BCUT2D eigenvalue weighted by Crippen LogP contribution is -2.54. The van der Waals surface area contributed by atoms with Crippen LogP contribution in [0.2, 0.25) is 0 Å². The molecule has 1 aromatic rings. The van der Waals surface area contributed by atoms with Crippen molar-refractivity contribution in [3.8, 4) is 5.75 Å². The molecule has 1 saturated heterocycles. The number of hydrogen-bond acceptors (Lipinski definition) is 3. The number of carbonyl (C=O) groups excluding carboxylic acids is 1. The molecule has 2 fully saturated rings. The molecule has 2 aliphatic rings. The highest BCUT2D eigenvalue weighted by atomic mass is 16.5. The highest BCUT2D eigenvalue weighted by Crippen LogP contribution is 2.38. The molecular formula is C15H19NO3. The summed E-state index contributed by atoms with van der Waals surface area (Å²) < 4.78 is 11.0. The van der Waals surface area contributed by atoms with Crippen molar-refractivity contribution < 1.29 is 14.3 Å². The lowest BCUT2D eigenvalue weighted by atomic mass is 9.76. The lowest BCUT2D eigenvalue weighted by Gasteiger charge is -2.39. The first-order valence-corrected chi connectivity index (χ1v) is 6.83. The molecule has 0 radical (unpaired) electrons. The summed E-state index contributed by atoms with van der Waals surface area (Å²) in [5.41, 5.74) is 1.18. The third-order valence-corrected chi connectivity index (χ3v) is 4.00. The normalized spacial score (nSPS) is 28.4. The topological polar surface area (TPSA) is 47.6 Å². The van der Waals surface area contributed by atoms with E-state index in [0.717, 1.165) is 25.2 Å². The van der Waals surface area contributed by atoms with Gasteiger partial charge in [0.05, 0.1) is 6.10 Å². The number of hydrogen-bond donors (Lipinski definition) is 1. The second-order valence-corrected chi connectivity index (χ2v) is 5.37. The van der Waals surface area contributed by atoms with Crippen LogP contribution in [-0.2, 0) is 9.53 Å². The molecule has 4 nitrogen and oxygen atoms in total.